The summed E-state index contributed by atoms with van der Waals surface area (Å²) in [5.74, 6) is 1.12. The Kier molecular flexibility index (Phi) is 5.32. The van der Waals surface area contributed by atoms with E-state index in [2.05, 4.69) is 5.32 Å². The molecule has 6 nitrogen and oxygen atoms in total. The number of hydrogen-bond donors (Lipinski definition) is 2. The molecular formula is C20H16N2O4. The average Bonchev–Trinajstić information content (AvgIpc) is 3.21. The maximum Gasteiger partial charge on any atom is 0.251 e. The van der Waals surface area contributed by atoms with Crippen LogP contribution in [-0.4, -0.2) is 17.6 Å². The Morgan fingerprint density at radius 3 is 2.65 bits per heavy atom. The SMILES string of the molecule is N#Cc1ccc(Oc2cccc(C(=O)NCC(O)c3ccco3)c2)cc1. The molecule has 0 aliphatic heterocycles. The second kappa shape index (κ2) is 8.01. The lowest BCUT2D eigenvalue weighted by Gasteiger charge is -2.11. The van der Waals surface area contributed by atoms with Gasteiger partial charge in [-0.2, -0.15) is 5.26 Å². The summed E-state index contributed by atoms with van der Waals surface area (Å²) >= 11 is 0. The number of nitrogens with zero attached hydrogens (tertiary/aromatic N) is 1. The number of furan rings is 1. The summed E-state index contributed by atoms with van der Waals surface area (Å²) in [6.45, 7) is 0.0348. The molecular weight excluding hydrogens is 332 g/mol. The maximum atomic E-state index is 12.3. The number of ether oxygens (including phenoxy) is 1. The lowest BCUT2D eigenvalue weighted by Crippen LogP contribution is -2.28. The standard InChI is InChI=1S/C20H16N2O4/c21-12-14-6-8-16(9-7-14)26-17-4-1-3-15(11-17)20(24)22-13-18(23)19-5-2-10-25-19/h1-11,18,23H,13H2,(H,22,24). The van der Waals surface area contributed by atoms with Crippen molar-refractivity contribution in [3.05, 3.63) is 83.8 Å². The zero-order valence-electron chi connectivity index (χ0n) is 13.8. The number of nitrogens with one attached hydrogen (secondary N) is 1. The average molecular weight is 348 g/mol. The highest BCUT2D eigenvalue weighted by Crippen LogP contribution is 2.22. The van der Waals surface area contributed by atoms with Crippen LogP contribution in [0, 0.1) is 11.3 Å². The largest absolute Gasteiger partial charge is 0.467 e. The molecule has 1 amide bonds. The third-order valence-corrected chi connectivity index (χ3v) is 3.64. The summed E-state index contributed by atoms with van der Waals surface area (Å²) in [6, 6.07) is 18.7. The Bertz CT molecular complexity index is 912. The minimum Gasteiger partial charge on any atom is -0.467 e. The molecule has 0 spiro atoms. The monoisotopic (exact) mass is 348 g/mol. The first kappa shape index (κ1) is 17.3. The quantitative estimate of drug-likeness (QED) is 0.712. The minimum atomic E-state index is -0.910. The van der Waals surface area contributed by atoms with Gasteiger partial charge in [0.2, 0.25) is 0 Å². The van der Waals surface area contributed by atoms with Crippen molar-refractivity contribution in [2.45, 2.75) is 6.10 Å². The molecule has 0 radical (unpaired) electrons. The predicted molar refractivity (Wildman–Crippen MR) is 93.7 cm³/mol. The molecule has 1 heterocycles. The molecule has 3 aromatic rings. The van der Waals surface area contributed by atoms with E-state index >= 15 is 0 Å². The summed E-state index contributed by atoms with van der Waals surface area (Å²) in [7, 11) is 0. The fourth-order valence-electron chi connectivity index (χ4n) is 2.31. The van der Waals surface area contributed by atoms with Crippen LogP contribution in [0.4, 0.5) is 0 Å². The zero-order chi connectivity index (χ0) is 18.4. The van der Waals surface area contributed by atoms with Gasteiger partial charge in [-0.15, -0.1) is 0 Å². The number of aliphatic hydroxyl groups excluding tert-OH is 1. The smallest absolute Gasteiger partial charge is 0.251 e. The van der Waals surface area contributed by atoms with E-state index in [0.717, 1.165) is 0 Å². The van der Waals surface area contributed by atoms with Gasteiger partial charge in [0.05, 0.1) is 24.4 Å². The molecule has 0 saturated carbocycles. The third-order valence-electron chi connectivity index (χ3n) is 3.64. The van der Waals surface area contributed by atoms with E-state index in [0.29, 0.717) is 28.4 Å². The fraction of sp³-hybridized carbons (Fsp3) is 0.100. The van der Waals surface area contributed by atoms with Gasteiger partial charge in [-0.1, -0.05) is 6.07 Å². The van der Waals surface area contributed by atoms with Crippen LogP contribution in [0.15, 0.2) is 71.3 Å². The van der Waals surface area contributed by atoms with Gasteiger partial charge in [-0.05, 0) is 54.6 Å². The zero-order valence-corrected chi connectivity index (χ0v) is 13.8. The first-order chi connectivity index (χ1) is 12.7. The number of nitriles is 1. The lowest BCUT2D eigenvalue weighted by molar-refractivity contribution is 0.0901. The molecule has 1 aromatic heterocycles. The number of amides is 1. The highest BCUT2D eigenvalue weighted by molar-refractivity contribution is 5.94. The molecule has 0 saturated heterocycles. The van der Waals surface area contributed by atoms with Gasteiger partial charge in [-0.3, -0.25) is 4.79 Å². The van der Waals surface area contributed by atoms with Crippen LogP contribution < -0.4 is 10.1 Å². The number of rotatable bonds is 6. The molecule has 2 aromatic carbocycles. The van der Waals surface area contributed by atoms with Gasteiger partial charge in [0.1, 0.15) is 23.4 Å². The molecule has 3 rings (SSSR count). The molecule has 130 valence electrons. The van der Waals surface area contributed by atoms with Crippen molar-refractivity contribution in [1.82, 2.24) is 5.32 Å². The van der Waals surface area contributed by atoms with E-state index in [1.807, 2.05) is 6.07 Å². The van der Waals surface area contributed by atoms with Crippen molar-refractivity contribution in [2.75, 3.05) is 6.54 Å². The van der Waals surface area contributed by atoms with Gasteiger partial charge in [-0.25, -0.2) is 0 Å². The van der Waals surface area contributed by atoms with Crippen molar-refractivity contribution < 1.29 is 19.1 Å². The second-order valence-electron chi connectivity index (χ2n) is 5.51. The van der Waals surface area contributed by atoms with Crippen LogP contribution in [-0.2, 0) is 0 Å². The summed E-state index contributed by atoms with van der Waals surface area (Å²) < 4.78 is 10.8. The molecule has 2 N–H and O–H groups in total. The van der Waals surface area contributed by atoms with Crippen LogP contribution in [0.2, 0.25) is 0 Å². The number of benzene rings is 2. The van der Waals surface area contributed by atoms with Gasteiger partial charge < -0.3 is 19.6 Å². The van der Waals surface area contributed by atoms with Crippen molar-refractivity contribution >= 4 is 5.91 Å². The maximum absolute atomic E-state index is 12.3. The van der Waals surface area contributed by atoms with Gasteiger partial charge in [0.15, 0.2) is 0 Å². The molecule has 6 heteroatoms. The van der Waals surface area contributed by atoms with E-state index in [9.17, 15) is 9.90 Å². The van der Waals surface area contributed by atoms with Crippen LogP contribution in [0.1, 0.15) is 27.8 Å². The molecule has 0 fully saturated rings. The highest BCUT2D eigenvalue weighted by atomic mass is 16.5. The number of carbonyl (C=O) groups excluding carboxylic acids is 1. The fourth-order valence-corrected chi connectivity index (χ4v) is 2.31. The number of carbonyl (C=O) groups is 1. The van der Waals surface area contributed by atoms with E-state index in [-0.39, 0.29) is 12.5 Å². The topological polar surface area (TPSA) is 95.5 Å². The molecule has 1 unspecified atom stereocenters. The molecule has 1 atom stereocenters. The lowest BCUT2D eigenvalue weighted by atomic mass is 10.2. The summed E-state index contributed by atoms with van der Waals surface area (Å²) in [6.07, 6.45) is 0.552. The summed E-state index contributed by atoms with van der Waals surface area (Å²) in [5.41, 5.74) is 0.948. The Balaban J connectivity index is 1.62. The van der Waals surface area contributed by atoms with Crippen LogP contribution in [0.25, 0.3) is 0 Å². The van der Waals surface area contributed by atoms with Crippen LogP contribution in [0.3, 0.4) is 0 Å². The van der Waals surface area contributed by atoms with Crippen molar-refractivity contribution in [3.8, 4) is 17.6 Å². The van der Waals surface area contributed by atoms with Gasteiger partial charge >= 0.3 is 0 Å². The van der Waals surface area contributed by atoms with E-state index < -0.39 is 6.10 Å². The van der Waals surface area contributed by atoms with E-state index in [1.54, 1.807) is 60.7 Å². The molecule has 0 aliphatic rings. The molecule has 0 bridgehead atoms. The molecule has 0 aliphatic carbocycles. The first-order valence-corrected chi connectivity index (χ1v) is 7.93. The Morgan fingerprint density at radius 2 is 1.96 bits per heavy atom. The summed E-state index contributed by atoms with van der Waals surface area (Å²) in [4.78, 5) is 12.3. The normalized spacial score (nSPS) is 11.4. The Labute approximate surface area is 150 Å². The summed E-state index contributed by atoms with van der Waals surface area (Å²) in [5, 5.41) is 21.4. The third kappa shape index (κ3) is 4.29. The molecule has 26 heavy (non-hydrogen) atoms. The minimum absolute atomic E-state index is 0.0348. The van der Waals surface area contributed by atoms with Crippen molar-refractivity contribution in [1.29, 1.82) is 5.26 Å². The number of hydrogen-bond acceptors (Lipinski definition) is 5. The van der Waals surface area contributed by atoms with E-state index in [4.69, 9.17) is 14.4 Å². The van der Waals surface area contributed by atoms with E-state index in [1.165, 1.54) is 6.26 Å². The highest BCUT2D eigenvalue weighted by Gasteiger charge is 2.13. The Hall–Kier alpha value is -3.56. The van der Waals surface area contributed by atoms with Crippen molar-refractivity contribution in [3.63, 3.8) is 0 Å². The first-order valence-electron chi connectivity index (χ1n) is 7.93. The predicted octanol–water partition coefficient (Wildman–Crippen LogP) is 3.41. The second-order valence-corrected chi connectivity index (χ2v) is 5.51. The number of aliphatic hydroxyl groups is 1. The van der Waals surface area contributed by atoms with Crippen LogP contribution >= 0.6 is 0 Å². The van der Waals surface area contributed by atoms with Crippen molar-refractivity contribution in [2.24, 2.45) is 0 Å². The van der Waals surface area contributed by atoms with Gasteiger partial charge in [0.25, 0.3) is 5.91 Å². The van der Waals surface area contributed by atoms with Gasteiger partial charge in [0, 0.05) is 5.56 Å². The Morgan fingerprint density at radius 1 is 1.15 bits per heavy atom. The van der Waals surface area contributed by atoms with Crippen LogP contribution in [0.5, 0.6) is 11.5 Å².